The molecule has 0 saturated carbocycles. The van der Waals surface area contributed by atoms with E-state index in [-0.39, 0.29) is 22.0 Å². The Labute approximate surface area is 278 Å². The Kier molecular flexibility index (Phi) is 5.58. The van der Waals surface area contributed by atoms with Gasteiger partial charge in [-0.25, -0.2) is 0 Å². The van der Waals surface area contributed by atoms with E-state index in [4.69, 9.17) is 0 Å². The summed E-state index contributed by atoms with van der Waals surface area (Å²) in [6.45, 7) is 13.8. The van der Waals surface area contributed by atoms with Gasteiger partial charge in [-0.15, -0.1) is 0 Å². The molecular weight excluding hydrogens is 569 g/mol. The molecule has 9 rings (SSSR count). The number of ketones is 1. The van der Waals surface area contributed by atoms with Gasteiger partial charge in [0.1, 0.15) is 0 Å². The van der Waals surface area contributed by atoms with Gasteiger partial charge in [0.15, 0.2) is 5.78 Å². The van der Waals surface area contributed by atoms with Crippen molar-refractivity contribution in [3.63, 3.8) is 0 Å². The van der Waals surface area contributed by atoms with Crippen molar-refractivity contribution < 1.29 is 4.79 Å². The van der Waals surface area contributed by atoms with E-state index in [2.05, 4.69) is 163 Å². The Hall–Kier alpha value is -5.01. The van der Waals surface area contributed by atoms with E-state index in [9.17, 15) is 4.79 Å². The standard InChI is InChI=1S/C46H38O/c1-44(2)37-13-9-7-11-31(37)35-23-27(17-21-39(35)44)29-15-19-33-41(25-29)46(5,6)42-26-30(16-20-34(42)43(33)47)28-18-22-40-36(24-28)32-12-8-10-14-38(32)45(40,3)4/h7-26H,1-6H3. The van der Waals surface area contributed by atoms with Gasteiger partial charge in [0.2, 0.25) is 0 Å². The SMILES string of the molecule is CC1(C)c2cc(-c3ccc4c(c3)-c3ccccc3C4(C)C)ccc2C(=O)c2ccc(-c3ccc4c(c3)-c3ccccc3C4(C)C)cc21. The number of rotatable bonds is 2. The quantitative estimate of drug-likeness (QED) is 0.192. The summed E-state index contributed by atoms with van der Waals surface area (Å²) in [6.07, 6.45) is 0. The first-order valence-electron chi connectivity index (χ1n) is 16.8. The molecule has 0 heterocycles. The lowest BCUT2D eigenvalue weighted by Crippen LogP contribution is -2.30. The third-order valence-corrected chi connectivity index (χ3v) is 11.7. The maximum Gasteiger partial charge on any atom is 0.193 e. The first kappa shape index (κ1) is 28.2. The van der Waals surface area contributed by atoms with Gasteiger partial charge in [0.05, 0.1) is 0 Å². The van der Waals surface area contributed by atoms with Crippen LogP contribution < -0.4 is 0 Å². The molecular formula is C46H38O. The zero-order valence-corrected chi connectivity index (χ0v) is 28.0. The van der Waals surface area contributed by atoms with Crippen molar-refractivity contribution in [3.8, 4) is 44.5 Å². The second kappa shape index (κ2) is 9.29. The highest BCUT2D eigenvalue weighted by Gasteiger charge is 2.39. The lowest BCUT2D eigenvalue weighted by molar-refractivity contribution is 0.103. The Bertz CT molecular complexity index is 2180. The monoisotopic (exact) mass is 606 g/mol. The van der Waals surface area contributed by atoms with Crippen LogP contribution in [0.25, 0.3) is 44.5 Å². The van der Waals surface area contributed by atoms with Crippen molar-refractivity contribution in [3.05, 3.63) is 166 Å². The summed E-state index contributed by atoms with van der Waals surface area (Å²) in [5.41, 5.74) is 18.9. The molecule has 0 atom stereocenters. The fourth-order valence-electron chi connectivity index (χ4n) is 8.97. The topological polar surface area (TPSA) is 17.1 Å². The summed E-state index contributed by atoms with van der Waals surface area (Å²) >= 11 is 0. The maximum absolute atomic E-state index is 14.0. The molecule has 6 aromatic carbocycles. The number of carbonyl (C=O) groups is 1. The second-order valence-corrected chi connectivity index (χ2v) is 15.3. The third kappa shape index (κ3) is 3.75. The lowest BCUT2D eigenvalue weighted by Gasteiger charge is -2.35. The van der Waals surface area contributed by atoms with Crippen LogP contribution in [0.1, 0.15) is 90.8 Å². The predicted molar refractivity (Wildman–Crippen MR) is 194 cm³/mol. The van der Waals surface area contributed by atoms with E-state index in [0.29, 0.717) is 0 Å². The summed E-state index contributed by atoms with van der Waals surface area (Å²) < 4.78 is 0. The first-order chi connectivity index (χ1) is 22.5. The fraction of sp³-hybridized carbons (Fsp3) is 0.196. The molecule has 228 valence electrons. The van der Waals surface area contributed by atoms with Crippen LogP contribution in [0.3, 0.4) is 0 Å². The molecule has 0 unspecified atom stereocenters. The molecule has 1 nitrogen and oxygen atoms in total. The number of hydrogen-bond donors (Lipinski definition) is 0. The van der Waals surface area contributed by atoms with E-state index in [0.717, 1.165) is 33.4 Å². The molecule has 0 aliphatic heterocycles. The van der Waals surface area contributed by atoms with Crippen LogP contribution in [0.4, 0.5) is 0 Å². The van der Waals surface area contributed by atoms with Crippen molar-refractivity contribution >= 4 is 5.78 Å². The summed E-state index contributed by atoms with van der Waals surface area (Å²) in [5, 5.41) is 0. The van der Waals surface area contributed by atoms with Crippen molar-refractivity contribution in [2.75, 3.05) is 0 Å². The van der Waals surface area contributed by atoms with E-state index in [1.807, 2.05) is 0 Å². The molecule has 0 amide bonds. The van der Waals surface area contributed by atoms with E-state index < -0.39 is 0 Å². The lowest BCUT2D eigenvalue weighted by atomic mass is 9.67. The molecule has 0 aromatic heterocycles. The van der Waals surface area contributed by atoms with Crippen LogP contribution in [0.5, 0.6) is 0 Å². The number of carbonyl (C=O) groups excluding carboxylic acids is 1. The van der Waals surface area contributed by atoms with Gasteiger partial charge in [-0.1, -0.05) is 139 Å². The minimum atomic E-state index is -0.346. The van der Waals surface area contributed by atoms with Crippen molar-refractivity contribution in [1.82, 2.24) is 0 Å². The van der Waals surface area contributed by atoms with Crippen LogP contribution in [-0.4, -0.2) is 5.78 Å². The number of hydrogen-bond acceptors (Lipinski definition) is 1. The van der Waals surface area contributed by atoms with Crippen LogP contribution >= 0.6 is 0 Å². The molecule has 6 aromatic rings. The summed E-state index contributed by atoms with van der Waals surface area (Å²) in [7, 11) is 0. The largest absolute Gasteiger partial charge is 0.289 e. The molecule has 0 fully saturated rings. The van der Waals surface area contributed by atoms with Crippen LogP contribution in [0, 0.1) is 0 Å². The predicted octanol–water partition coefficient (Wildman–Crippen LogP) is 11.5. The van der Waals surface area contributed by atoms with Gasteiger partial charge in [-0.05, 0) is 102 Å². The Balaban J connectivity index is 1.13. The molecule has 0 spiro atoms. The Morgan fingerprint density at radius 3 is 1.11 bits per heavy atom. The summed E-state index contributed by atoms with van der Waals surface area (Å²) in [5.74, 6) is 0.113. The van der Waals surface area contributed by atoms with Crippen LogP contribution in [0.15, 0.2) is 121 Å². The van der Waals surface area contributed by atoms with Gasteiger partial charge < -0.3 is 0 Å². The molecule has 1 heteroatoms. The molecule has 0 N–H and O–H groups in total. The third-order valence-electron chi connectivity index (χ3n) is 11.7. The molecule has 0 saturated heterocycles. The number of benzene rings is 6. The van der Waals surface area contributed by atoms with Gasteiger partial charge in [-0.3, -0.25) is 4.79 Å². The highest BCUT2D eigenvalue weighted by Crippen LogP contribution is 2.52. The first-order valence-corrected chi connectivity index (χ1v) is 16.8. The molecule has 3 aliphatic rings. The van der Waals surface area contributed by atoms with Gasteiger partial charge >= 0.3 is 0 Å². The summed E-state index contributed by atoms with van der Waals surface area (Å²) in [6, 6.07) is 44.3. The molecule has 0 radical (unpaired) electrons. The summed E-state index contributed by atoms with van der Waals surface area (Å²) in [4.78, 5) is 14.0. The minimum Gasteiger partial charge on any atom is -0.289 e. The Morgan fingerprint density at radius 2 is 0.660 bits per heavy atom. The molecule has 3 aliphatic carbocycles. The van der Waals surface area contributed by atoms with Gasteiger partial charge in [-0.2, -0.15) is 0 Å². The smallest absolute Gasteiger partial charge is 0.193 e. The number of fused-ring (bicyclic) bond motifs is 8. The van der Waals surface area contributed by atoms with E-state index >= 15 is 0 Å². The van der Waals surface area contributed by atoms with Crippen molar-refractivity contribution in [1.29, 1.82) is 0 Å². The zero-order chi connectivity index (χ0) is 32.5. The van der Waals surface area contributed by atoms with Crippen LogP contribution in [-0.2, 0) is 16.2 Å². The van der Waals surface area contributed by atoms with E-state index in [1.54, 1.807) is 0 Å². The fourth-order valence-corrected chi connectivity index (χ4v) is 8.97. The molecule has 47 heavy (non-hydrogen) atoms. The average Bonchev–Trinajstić information content (AvgIpc) is 3.46. The molecule has 0 bridgehead atoms. The average molecular weight is 607 g/mol. The van der Waals surface area contributed by atoms with Gasteiger partial charge in [0.25, 0.3) is 0 Å². The second-order valence-electron chi connectivity index (χ2n) is 15.3. The minimum absolute atomic E-state index is 0.0193. The van der Waals surface area contributed by atoms with Crippen molar-refractivity contribution in [2.24, 2.45) is 0 Å². The normalized spacial score (nSPS) is 16.9. The zero-order valence-electron chi connectivity index (χ0n) is 28.0. The van der Waals surface area contributed by atoms with Gasteiger partial charge in [0, 0.05) is 27.4 Å². The maximum atomic E-state index is 14.0. The Morgan fingerprint density at radius 1 is 0.319 bits per heavy atom. The van der Waals surface area contributed by atoms with Crippen LogP contribution in [0.2, 0.25) is 0 Å². The van der Waals surface area contributed by atoms with E-state index in [1.165, 1.54) is 55.6 Å². The highest BCUT2D eigenvalue weighted by atomic mass is 16.1. The van der Waals surface area contributed by atoms with Crippen molar-refractivity contribution in [2.45, 2.75) is 57.8 Å². The highest BCUT2D eigenvalue weighted by molar-refractivity contribution is 6.13.